The number of rotatable bonds is 8. The number of nitrogens with two attached hydrogens (primary N) is 1. The fraction of sp³-hybridized carbons (Fsp3) is 0.917. The van der Waals surface area contributed by atoms with E-state index in [1.807, 2.05) is 11.8 Å². The fourth-order valence-corrected chi connectivity index (χ4v) is 2.21. The number of nitrogens with zero attached hydrogens (tertiary/aromatic N) is 2. The van der Waals surface area contributed by atoms with Gasteiger partial charge in [0.15, 0.2) is 0 Å². The minimum atomic E-state index is 0.141. The van der Waals surface area contributed by atoms with Gasteiger partial charge in [0.2, 0.25) is 5.91 Å². The van der Waals surface area contributed by atoms with Gasteiger partial charge >= 0.3 is 0 Å². The average molecular weight is 261 g/mol. The van der Waals surface area contributed by atoms with Crippen molar-refractivity contribution in [1.29, 1.82) is 0 Å². The summed E-state index contributed by atoms with van der Waals surface area (Å²) in [7, 11) is 5.63. The molecule has 2 unspecified atom stereocenters. The van der Waals surface area contributed by atoms with Crippen molar-refractivity contribution in [2.75, 3.05) is 39.7 Å². The van der Waals surface area contributed by atoms with Crippen molar-refractivity contribution in [3.63, 3.8) is 0 Å². The molecule has 0 heterocycles. The van der Waals surface area contributed by atoms with Gasteiger partial charge in [-0.15, -0.1) is 0 Å². The molecule has 17 heavy (non-hydrogen) atoms. The highest BCUT2D eigenvalue weighted by Gasteiger charge is 2.21. The predicted molar refractivity (Wildman–Crippen MR) is 76.4 cm³/mol. The molecule has 0 aliphatic heterocycles. The zero-order valence-corrected chi connectivity index (χ0v) is 12.6. The van der Waals surface area contributed by atoms with E-state index in [-0.39, 0.29) is 11.9 Å². The minimum absolute atomic E-state index is 0.141. The second-order valence-corrected chi connectivity index (χ2v) is 5.66. The van der Waals surface area contributed by atoms with Crippen LogP contribution in [0.15, 0.2) is 0 Å². The third-order valence-electron chi connectivity index (χ3n) is 3.19. The summed E-state index contributed by atoms with van der Waals surface area (Å²) in [5, 5.41) is 0. The Morgan fingerprint density at radius 2 is 1.94 bits per heavy atom. The highest BCUT2D eigenvalue weighted by atomic mass is 32.2. The molecule has 1 amide bonds. The number of carbonyl (C=O) groups excluding carboxylic acids is 1. The Labute approximate surface area is 110 Å². The first-order chi connectivity index (χ1) is 7.93. The monoisotopic (exact) mass is 261 g/mol. The summed E-state index contributed by atoms with van der Waals surface area (Å²) in [6, 6.07) is 0.604. The summed E-state index contributed by atoms with van der Waals surface area (Å²) >= 11 is 1.85. The van der Waals surface area contributed by atoms with Crippen molar-refractivity contribution in [1.82, 2.24) is 9.80 Å². The summed E-state index contributed by atoms with van der Waals surface area (Å²) in [5.74, 6) is 1.29. The van der Waals surface area contributed by atoms with Crippen LogP contribution in [-0.4, -0.2) is 67.5 Å². The van der Waals surface area contributed by atoms with Crippen molar-refractivity contribution in [2.24, 2.45) is 5.73 Å². The molecule has 0 fully saturated rings. The van der Waals surface area contributed by atoms with Crippen LogP contribution in [0.2, 0.25) is 0 Å². The van der Waals surface area contributed by atoms with Crippen LogP contribution in [0, 0.1) is 0 Å². The first kappa shape index (κ1) is 16.7. The third kappa shape index (κ3) is 6.29. The predicted octanol–water partition coefficient (Wildman–Crippen LogP) is 0.865. The van der Waals surface area contributed by atoms with Crippen LogP contribution in [-0.2, 0) is 4.79 Å². The Morgan fingerprint density at radius 3 is 2.35 bits per heavy atom. The molecule has 102 valence electrons. The third-order valence-corrected chi connectivity index (χ3v) is 3.84. The molecule has 0 aliphatic rings. The van der Waals surface area contributed by atoms with Gasteiger partial charge in [0.25, 0.3) is 0 Å². The van der Waals surface area contributed by atoms with Crippen molar-refractivity contribution < 1.29 is 4.79 Å². The first-order valence-electron chi connectivity index (χ1n) is 6.05. The van der Waals surface area contributed by atoms with Gasteiger partial charge < -0.3 is 10.6 Å². The smallest absolute Gasteiger partial charge is 0.223 e. The zero-order valence-electron chi connectivity index (χ0n) is 11.8. The molecule has 0 aliphatic carbocycles. The fourth-order valence-electron chi connectivity index (χ4n) is 1.63. The molecule has 0 bridgehead atoms. The second-order valence-electron chi connectivity index (χ2n) is 4.68. The van der Waals surface area contributed by atoms with E-state index < -0.39 is 0 Å². The lowest BCUT2D eigenvalue weighted by Crippen LogP contribution is -2.45. The highest BCUT2D eigenvalue weighted by molar-refractivity contribution is 7.98. The van der Waals surface area contributed by atoms with E-state index in [4.69, 9.17) is 5.73 Å². The zero-order chi connectivity index (χ0) is 13.4. The maximum Gasteiger partial charge on any atom is 0.223 e. The number of carbonyl (C=O) groups is 1. The normalized spacial score (nSPS) is 14.8. The Bertz CT molecular complexity index is 224. The summed E-state index contributed by atoms with van der Waals surface area (Å²) < 4.78 is 0. The van der Waals surface area contributed by atoms with E-state index in [2.05, 4.69) is 25.1 Å². The number of likely N-dealkylation sites (N-methyl/N-ethyl adjacent to an activating group) is 1. The molecular formula is C12H27N3OS. The van der Waals surface area contributed by atoms with Crippen molar-refractivity contribution in [3.8, 4) is 0 Å². The van der Waals surface area contributed by atoms with E-state index in [9.17, 15) is 4.79 Å². The van der Waals surface area contributed by atoms with Crippen molar-refractivity contribution in [3.05, 3.63) is 0 Å². The molecule has 0 saturated carbocycles. The van der Waals surface area contributed by atoms with Crippen LogP contribution in [0.3, 0.4) is 0 Å². The van der Waals surface area contributed by atoms with Gasteiger partial charge in [-0.3, -0.25) is 9.69 Å². The molecule has 2 N–H and O–H groups in total. The standard InChI is InChI=1S/C12H27N3OS/c1-10(6-7-17-5)15(4)11(9-13)8-12(16)14(2)3/h10-11H,6-9,13H2,1-5H3. The van der Waals surface area contributed by atoms with Gasteiger partial charge in [0, 0.05) is 39.1 Å². The molecular weight excluding hydrogens is 234 g/mol. The van der Waals surface area contributed by atoms with E-state index >= 15 is 0 Å². The molecule has 0 saturated heterocycles. The highest BCUT2D eigenvalue weighted by Crippen LogP contribution is 2.11. The van der Waals surface area contributed by atoms with Gasteiger partial charge in [-0.25, -0.2) is 0 Å². The molecule has 0 aromatic rings. The Morgan fingerprint density at radius 1 is 1.35 bits per heavy atom. The van der Waals surface area contributed by atoms with Crippen LogP contribution < -0.4 is 5.73 Å². The lowest BCUT2D eigenvalue weighted by Gasteiger charge is -2.32. The molecule has 0 radical (unpaired) electrons. The van der Waals surface area contributed by atoms with Crippen molar-refractivity contribution >= 4 is 17.7 Å². The Hall–Kier alpha value is -0.260. The SMILES string of the molecule is CSCCC(C)N(C)C(CN)CC(=O)N(C)C. The van der Waals surface area contributed by atoms with E-state index in [0.29, 0.717) is 19.0 Å². The van der Waals surface area contributed by atoms with Gasteiger partial charge in [-0.05, 0) is 32.4 Å². The molecule has 0 aromatic carbocycles. The van der Waals surface area contributed by atoms with Gasteiger partial charge in [-0.1, -0.05) is 0 Å². The maximum atomic E-state index is 11.7. The summed E-state index contributed by atoms with van der Waals surface area (Å²) in [4.78, 5) is 15.6. The van der Waals surface area contributed by atoms with Gasteiger partial charge in [0.05, 0.1) is 0 Å². The topological polar surface area (TPSA) is 49.6 Å². The Kier molecular flexibility index (Phi) is 8.64. The molecule has 5 heteroatoms. The molecule has 0 spiro atoms. The summed E-state index contributed by atoms with van der Waals surface area (Å²) in [6.45, 7) is 2.72. The lowest BCUT2D eigenvalue weighted by atomic mass is 10.1. The first-order valence-corrected chi connectivity index (χ1v) is 7.44. The average Bonchev–Trinajstić information content (AvgIpc) is 2.31. The van der Waals surface area contributed by atoms with Crippen molar-refractivity contribution in [2.45, 2.75) is 31.8 Å². The van der Waals surface area contributed by atoms with E-state index in [0.717, 1.165) is 12.2 Å². The quantitative estimate of drug-likeness (QED) is 0.704. The number of hydrogen-bond acceptors (Lipinski definition) is 4. The van der Waals surface area contributed by atoms with Gasteiger partial charge in [-0.2, -0.15) is 11.8 Å². The van der Waals surface area contributed by atoms with Crippen LogP contribution in [0.1, 0.15) is 19.8 Å². The minimum Gasteiger partial charge on any atom is -0.349 e. The molecule has 0 rings (SSSR count). The number of hydrogen-bond donors (Lipinski definition) is 1. The second kappa shape index (κ2) is 8.78. The van der Waals surface area contributed by atoms with Crippen LogP contribution in [0.25, 0.3) is 0 Å². The van der Waals surface area contributed by atoms with Gasteiger partial charge in [0.1, 0.15) is 0 Å². The number of thioether (sulfide) groups is 1. The van der Waals surface area contributed by atoms with E-state index in [1.54, 1.807) is 19.0 Å². The molecule has 2 atom stereocenters. The summed E-state index contributed by atoms with van der Waals surface area (Å²) in [6.07, 6.45) is 3.75. The van der Waals surface area contributed by atoms with Crippen LogP contribution in [0.5, 0.6) is 0 Å². The Balaban J connectivity index is 4.28. The van der Waals surface area contributed by atoms with E-state index in [1.165, 1.54) is 0 Å². The van der Waals surface area contributed by atoms with Crippen LogP contribution in [0.4, 0.5) is 0 Å². The lowest BCUT2D eigenvalue weighted by molar-refractivity contribution is -0.130. The molecule has 0 aromatic heterocycles. The van der Waals surface area contributed by atoms with Crippen LogP contribution >= 0.6 is 11.8 Å². The maximum absolute atomic E-state index is 11.7. The molecule has 4 nitrogen and oxygen atoms in total. The largest absolute Gasteiger partial charge is 0.349 e. The number of amides is 1. The summed E-state index contributed by atoms with van der Waals surface area (Å²) in [5.41, 5.74) is 5.77.